The monoisotopic (exact) mass is 391 g/mol. The fraction of sp³-hybridized carbons (Fsp3) is 0.118. The van der Waals surface area contributed by atoms with Crippen molar-refractivity contribution in [2.24, 2.45) is 7.05 Å². The van der Waals surface area contributed by atoms with Crippen molar-refractivity contribution >= 4 is 21.4 Å². The number of amides is 1. The summed E-state index contributed by atoms with van der Waals surface area (Å²) in [6.45, 7) is 0. The fourth-order valence-corrected chi connectivity index (χ4v) is 3.85. The van der Waals surface area contributed by atoms with Gasteiger partial charge in [0.2, 0.25) is 27.4 Å². The number of aromatic nitrogens is 3. The highest BCUT2D eigenvalue weighted by Crippen LogP contribution is 2.22. The number of benzene rings is 1. The molecule has 1 N–H and O–H groups in total. The van der Waals surface area contributed by atoms with Gasteiger partial charge in [0.15, 0.2) is 0 Å². The van der Waals surface area contributed by atoms with E-state index in [1.54, 1.807) is 12.1 Å². The third-order valence-corrected chi connectivity index (χ3v) is 5.74. The lowest BCUT2D eigenvalue weighted by Gasteiger charge is -2.15. The molecule has 2 heterocycles. The van der Waals surface area contributed by atoms with E-state index >= 15 is 0 Å². The summed E-state index contributed by atoms with van der Waals surface area (Å²) in [6.07, 6.45) is 3.87. The van der Waals surface area contributed by atoms with Crippen LogP contribution in [0.15, 0.2) is 65.0 Å². The molecule has 10 heteroatoms. The molecular weight excluding hydrogens is 375 g/mol. The van der Waals surface area contributed by atoms with Crippen LogP contribution in [-0.4, -0.2) is 36.1 Å². The highest BCUT2D eigenvalue weighted by Gasteiger charge is 2.28. The van der Waals surface area contributed by atoms with E-state index in [2.05, 4.69) is 4.98 Å². The summed E-state index contributed by atoms with van der Waals surface area (Å²) < 4.78 is 40.5. The Labute approximate surface area is 154 Å². The van der Waals surface area contributed by atoms with E-state index in [1.807, 2.05) is 0 Å². The lowest BCUT2D eigenvalue weighted by atomic mass is 10.3. The van der Waals surface area contributed by atoms with Gasteiger partial charge in [-0.3, -0.25) is 10.0 Å². The Morgan fingerprint density at radius 2 is 1.93 bits per heavy atom. The van der Waals surface area contributed by atoms with Crippen molar-refractivity contribution < 1.29 is 27.5 Å². The summed E-state index contributed by atoms with van der Waals surface area (Å²) in [5.41, 5.74) is 0.431. The molecule has 0 bridgehead atoms. The molecule has 2 aromatic heterocycles. The Balaban J connectivity index is 1.97. The third kappa shape index (κ3) is 3.38. The van der Waals surface area contributed by atoms with Gasteiger partial charge >= 0.3 is 0 Å². The summed E-state index contributed by atoms with van der Waals surface area (Å²) in [6, 6.07) is 7.50. The lowest BCUT2D eigenvalue weighted by molar-refractivity contribution is -0.904. The minimum absolute atomic E-state index is 0.0338. The van der Waals surface area contributed by atoms with Crippen LogP contribution < -0.4 is 9.63 Å². The molecule has 0 aliphatic carbocycles. The van der Waals surface area contributed by atoms with Gasteiger partial charge < -0.3 is 9.47 Å². The van der Waals surface area contributed by atoms with Gasteiger partial charge in [-0.15, -0.1) is 0 Å². The molecule has 0 fully saturated rings. The van der Waals surface area contributed by atoms with E-state index < -0.39 is 21.6 Å². The number of rotatable bonds is 4. The van der Waals surface area contributed by atoms with Crippen LogP contribution in [0.3, 0.4) is 0 Å². The van der Waals surface area contributed by atoms with Crippen molar-refractivity contribution in [2.75, 3.05) is 11.9 Å². The molecule has 3 rings (SSSR count). The highest BCUT2D eigenvalue weighted by molar-refractivity contribution is 7.91. The van der Waals surface area contributed by atoms with Crippen molar-refractivity contribution in [3.05, 3.63) is 66.5 Å². The van der Waals surface area contributed by atoms with Gasteiger partial charge in [-0.2, -0.15) is 0 Å². The van der Waals surface area contributed by atoms with Crippen molar-refractivity contribution in [3.8, 4) is 0 Å². The van der Waals surface area contributed by atoms with E-state index in [1.165, 1.54) is 31.4 Å². The number of sulfone groups is 1. The quantitative estimate of drug-likeness (QED) is 0.409. The Morgan fingerprint density at radius 3 is 2.56 bits per heavy atom. The molecule has 1 amide bonds. The topological polar surface area (TPSA) is 96.4 Å². The number of halogens is 1. The average molecular weight is 391 g/mol. The molecule has 0 aliphatic heterocycles. The summed E-state index contributed by atoms with van der Waals surface area (Å²) in [5, 5.41) is 9.14. The summed E-state index contributed by atoms with van der Waals surface area (Å²) in [4.78, 5) is 17.7. The van der Waals surface area contributed by atoms with Crippen molar-refractivity contribution in [3.63, 3.8) is 0 Å². The SMILES string of the molecule is CN(C(=O)c1cnc(S(=O)(=O)c2ccc(F)cc2)n1C)c1ccc[n+](O)c1. The smallest absolute Gasteiger partial charge is 0.276 e. The van der Waals surface area contributed by atoms with E-state index in [0.29, 0.717) is 5.69 Å². The summed E-state index contributed by atoms with van der Waals surface area (Å²) in [5.74, 6) is -1.08. The minimum Gasteiger partial charge on any atom is -0.314 e. The second-order valence-electron chi connectivity index (χ2n) is 5.75. The molecule has 3 aromatic rings. The predicted molar refractivity (Wildman–Crippen MR) is 91.6 cm³/mol. The number of imidazole rings is 1. The summed E-state index contributed by atoms with van der Waals surface area (Å²) >= 11 is 0. The fourth-order valence-electron chi connectivity index (χ4n) is 2.50. The molecule has 0 atom stereocenters. The van der Waals surface area contributed by atoms with Crippen LogP contribution in [0.25, 0.3) is 0 Å². The first kappa shape index (κ1) is 18.5. The van der Waals surface area contributed by atoms with Crippen LogP contribution in [-0.2, 0) is 16.9 Å². The molecule has 8 nitrogen and oxygen atoms in total. The first-order valence-electron chi connectivity index (χ1n) is 7.73. The van der Waals surface area contributed by atoms with Crippen molar-refractivity contribution in [2.45, 2.75) is 10.1 Å². The second-order valence-corrected chi connectivity index (χ2v) is 7.59. The van der Waals surface area contributed by atoms with E-state index in [0.717, 1.165) is 39.8 Å². The maximum absolute atomic E-state index is 13.1. The maximum Gasteiger partial charge on any atom is 0.276 e. The van der Waals surface area contributed by atoms with E-state index in [-0.39, 0.29) is 15.7 Å². The van der Waals surface area contributed by atoms with Gasteiger partial charge in [0.25, 0.3) is 5.91 Å². The number of hydrogen-bond donors (Lipinski definition) is 1. The molecule has 0 spiro atoms. The zero-order chi connectivity index (χ0) is 19.8. The Hall–Kier alpha value is -3.27. The van der Waals surface area contributed by atoms with Gasteiger partial charge in [0, 0.05) is 24.9 Å². The Kier molecular flexibility index (Phi) is 4.66. The Bertz CT molecular complexity index is 1110. The number of nitrogens with zero attached hydrogens (tertiary/aromatic N) is 4. The lowest BCUT2D eigenvalue weighted by Crippen LogP contribution is -2.33. The Morgan fingerprint density at radius 1 is 1.26 bits per heavy atom. The normalized spacial score (nSPS) is 11.4. The van der Waals surface area contributed by atoms with Crippen LogP contribution in [0, 0.1) is 5.82 Å². The largest absolute Gasteiger partial charge is 0.314 e. The van der Waals surface area contributed by atoms with Gasteiger partial charge in [-0.1, -0.05) is 0 Å². The molecule has 0 radical (unpaired) electrons. The minimum atomic E-state index is -4.03. The number of carbonyl (C=O) groups excluding carboxylic acids is 1. The number of hydrogen-bond acceptors (Lipinski definition) is 5. The molecule has 1 aromatic carbocycles. The third-order valence-electron chi connectivity index (χ3n) is 3.99. The van der Waals surface area contributed by atoms with Crippen LogP contribution in [0.4, 0.5) is 10.1 Å². The van der Waals surface area contributed by atoms with E-state index in [9.17, 15) is 22.8 Å². The van der Waals surface area contributed by atoms with Crippen molar-refractivity contribution in [1.29, 1.82) is 0 Å². The molecule has 0 aliphatic rings. The van der Waals surface area contributed by atoms with Crippen LogP contribution >= 0.6 is 0 Å². The van der Waals surface area contributed by atoms with Gasteiger partial charge in [0.05, 0.1) is 11.1 Å². The molecule has 27 heavy (non-hydrogen) atoms. The zero-order valence-corrected chi connectivity index (χ0v) is 15.3. The highest BCUT2D eigenvalue weighted by atomic mass is 32.2. The van der Waals surface area contributed by atoms with E-state index in [4.69, 9.17) is 0 Å². The maximum atomic E-state index is 13.1. The average Bonchev–Trinajstić information content (AvgIpc) is 3.03. The number of anilines is 1. The first-order valence-corrected chi connectivity index (χ1v) is 9.21. The molecular formula is C17H16FN4O4S+. The van der Waals surface area contributed by atoms with Crippen LogP contribution in [0.2, 0.25) is 0 Å². The first-order chi connectivity index (χ1) is 12.7. The second kappa shape index (κ2) is 6.80. The summed E-state index contributed by atoms with van der Waals surface area (Å²) in [7, 11) is -1.14. The predicted octanol–water partition coefficient (Wildman–Crippen LogP) is 1.19. The zero-order valence-electron chi connectivity index (χ0n) is 14.4. The molecule has 140 valence electrons. The van der Waals surface area contributed by atoms with Crippen LogP contribution in [0.1, 0.15) is 10.5 Å². The molecule has 0 saturated carbocycles. The molecule has 0 saturated heterocycles. The number of carbonyl (C=O) groups is 1. The standard InChI is InChI=1S/C17H16FN4O4S/c1-20(13-4-3-9-22(24)11-13)16(23)15-10-19-17(21(15)2)27(25,26)14-7-5-12(18)6-8-14/h3-11,24H,1-2H3/q+1. The van der Waals surface area contributed by atoms with Gasteiger partial charge in [-0.25, -0.2) is 17.8 Å². The number of pyridine rings is 1. The van der Waals surface area contributed by atoms with Crippen LogP contribution in [0.5, 0.6) is 0 Å². The van der Waals surface area contributed by atoms with Gasteiger partial charge in [-0.05, 0) is 30.3 Å². The molecule has 0 unspecified atom stereocenters. The van der Waals surface area contributed by atoms with Crippen molar-refractivity contribution in [1.82, 2.24) is 9.55 Å². The van der Waals surface area contributed by atoms with Gasteiger partial charge in [0.1, 0.15) is 17.2 Å².